The van der Waals surface area contributed by atoms with Crippen LogP contribution in [0.1, 0.15) is 44.2 Å². The smallest absolute Gasteiger partial charge is 0.226 e. The maximum Gasteiger partial charge on any atom is 0.226 e. The summed E-state index contributed by atoms with van der Waals surface area (Å²) in [6.45, 7) is 4.14. The molecule has 0 bridgehead atoms. The van der Waals surface area contributed by atoms with Gasteiger partial charge in [0, 0.05) is 12.0 Å². The van der Waals surface area contributed by atoms with Crippen molar-refractivity contribution in [3.05, 3.63) is 48.0 Å². The molecule has 24 heavy (non-hydrogen) atoms. The van der Waals surface area contributed by atoms with Crippen molar-refractivity contribution in [3.8, 4) is 0 Å². The lowest BCUT2D eigenvalue weighted by Crippen LogP contribution is -2.43. The van der Waals surface area contributed by atoms with E-state index in [0.29, 0.717) is 11.9 Å². The first-order chi connectivity index (χ1) is 11.7. The van der Waals surface area contributed by atoms with Crippen LogP contribution >= 0.6 is 0 Å². The monoisotopic (exact) mass is 322 g/mol. The SMILES string of the molecule is CC(c1ccc2ccccc2c1)N(C(=O)C1CCNCC1)C1CC1. The Hall–Kier alpha value is -1.87. The van der Waals surface area contributed by atoms with Gasteiger partial charge in [-0.05, 0) is 68.1 Å². The number of amides is 1. The molecular formula is C21H26N2O. The first-order valence-corrected chi connectivity index (χ1v) is 9.25. The second-order valence-corrected chi connectivity index (χ2v) is 7.28. The van der Waals surface area contributed by atoms with Crippen LogP contribution < -0.4 is 5.32 Å². The van der Waals surface area contributed by atoms with E-state index >= 15 is 0 Å². The van der Waals surface area contributed by atoms with Crippen LogP contribution in [0.4, 0.5) is 0 Å². The van der Waals surface area contributed by atoms with Gasteiger partial charge in [0.1, 0.15) is 0 Å². The van der Waals surface area contributed by atoms with Crippen molar-refractivity contribution in [3.63, 3.8) is 0 Å². The molecule has 1 saturated carbocycles. The van der Waals surface area contributed by atoms with Crippen molar-refractivity contribution < 1.29 is 4.79 Å². The minimum absolute atomic E-state index is 0.157. The fraction of sp³-hybridized carbons (Fsp3) is 0.476. The molecule has 2 aromatic carbocycles. The Morgan fingerprint density at radius 2 is 1.75 bits per heavy atom. The first-order valence-electron chi connectivity index (χ1n) is 9.25. The van der Waals surface area contributed by atoms with Gasteiger partial charge in [0.15, 0.2) is 0 Å². The van der Waals surface area contributed by atoms with Gasteiger partial charge in [-0.3, -0.25) is 4.79 Å². The molecule has 0 spiro atoms. The molecule has 3 heteroatoms. The van der Waals surface area contributed by atoms with Gasteiger partial charge in [0.2, 0.25) is 5.91 Å². The number of carbonyl (C=O) groups is 1. The highest BCUT2D eigenvalue weighted by Crippen LogP contribution is 2.37. The van der Waals surface area contributed by atoms with E-state index in [1.165, 1.54) is 16.3 Å². The van der Waals surface area contributed by atoms with Crippen molar-refractivity contribution in [1.82, 2.24) is 10.2 Å². The minimum atomic E-state index is 0.157. The number of nitrogens with zero attached hydrogens (tertiary/aromatic N) is 1. The van der Waals surface area contributed by atoms with Crippen molar-refractivity contribution in [2.45, 2.75) is 44.7 Å². The molecule has 1 atom stereocenters. The highest BCUT2D eigenvalue weighted by atomic mass is 16.2. The van der Waals surface area contributed by atoms with Gasteiger partial charge in [-0.25, -0.2) is 0 Å². The molecule has 1 aliphatic carbocycles. The lowest BCUT2D eigenvalue weighted by Gasteiger charge is -2.34. The predicted molar refractivity (Wildman–Crippen MR) is 97.8 cm³/mol. The molecule has 3 nitrogen and oxygen atoms in total. The Morgan fingerprint density at radius 1 is 1.04 bits per heavy atom. The van der Waals surface area contributed by atoms with Gasteiger partial charge < -0.3 is 10.2 Å². The third-order valence-corrected chi connectivity index (χ3v) is 5.56. The summed E-state index contributed by atoms with van der Waals surface area (Å²) in [6.07, 6.45) is 4.28. The maximum absolute atomic E-state index is 13.2. The standard InChI is InChI=1S/C21H26N2O/c1-15(18-7-6-16-4-2-3-5-19(16)14-18)23(20-8-9-20)21(24)17-10-12-22-13-11-17/h2-7,14-15,17,20,22H,8-13H2,1H3. The lowest BCUT2D eigenvalue weighted by molar-refractivity contribution is -0.139. The third kappa shape index (κ3) is 3.05. The van der Waals surface area contributed by atoms with Gasteiger partial charge in [-0.2, -0.15) is 0 Å². The van der Waals surface area contributed by atoms with E-state index in [-0.39, 0.29) is 12.0 Å². The van der Waals surface area contributed by atoms with Crippen LogP contribution in [-0.4, -0.2) is 29.9 Å². The zero-order valence-electron chi connectivity index (χ0n) is 14.4. The predicted octanol–water partition coefficient (Wildman–Crippen LogP) is 3.89. The molecule has 2 aromatic rings. The second kappa shape index (κ2) is 6.56. The van der Waals surface area contributed by atoms with Crippen LogP contribution in [0.5, 0.6) is 0 Å². The van der Waals surface area contributed by atoms with Crippen molar-refractivity contribution in [2.75, 3.05) is 13.1 Å². The maximum atomic E-state index is 13.2. The molecule has 1 saturated heterocycles. The number of carbonyl (C=O) groups excluding carboxylic acids is 1. The van der Waals surface area contributed by atoms with E-state index in [2.05, 4.69) is 59.6 Å². The van der Waals surface area contributed by atoms with E-state index in [9.17, 15) is 4.79 Å². The topological polar surface area (TPSA) is 32.3 Å². The van der Waals surface area contributed by atoms with E-state index in [1.54, 1.807) is 0 Å². The summed E-state index contributed by atoms with van der Waals surface area (Å²) in [5, 5.41) is 5.88. The molecule has 0 aromatic heterocycles. The Labute approximate surface area is 144 Å². The van der Waals surface area contributed by atoms with Gasteiger partial charge >= 0.3 is 0 Å². The molecule has 2 fully saturated rings. The average molecular weight is 322 g/mol. The highest BCUT2D eigenvalue weighted by molar-refractivity contribution is 5.84. The summed E-state index contributed by atoms with van der Waals surface area (Å²) in [4.78, 5) is 15.4. The van der Waals surface area contributed by atoms with Crippen molar-refractivity contribution in [2.24, 2.45) is 5.92 Å². The molecule has 1 N–H and O–H groups in total. The Kier molecular flexibility index (Phi) is 4.28. The summed E-state index contributed by atoms with van der Waals surface area (Å²) < 4.78 is 0. The lowest BCUT2D eigenvalue weighted by atomic mass is 9.94. The van der Waals surface area contributed by atoms with Crippen LogP contribution in [0.15, 0.2) is 42.5 Å². The molecule has 1 unspecified atom stereocenters. The van der Waals surface area contributed by atoms with Crippen molar-refractivity contribution >= 4 is 16.7 Å². The van der Waals surface area contributed by atoms with Crippen LogP contribution in [0.3, 0.4) is 0 Å². The van der Waals surface area contributed by atoms with Crippen molar-refractivity contribution in [1.29, 1.82) is 0 Å². The van der Waals surface area contributed by atoms with Gasteiger partial charge in [-0.1, -0.05) is 36.4 Å². The minimum Gasteiger partial charge on any atom is -0.333 e. The fourth-order valence-electron chi connectivity index (χ4n) is 3.95. The van der Waals surface area contributed by atoms with Gasteiger partial charge in [-0.15, -0.1) is 0 Å². The number of fused-ring (bicyclic) bond motifs is 1. The molecular weight excluding hydrogens is 296 g/mol. The molecule has 1 aliphatic heterocycles. The zero-order chi connectivity index (χ0) is 16.5. The second-order valence-electron chi connectivity index (χ2n) is 7.28. The quantitative estimate of drug-likeness (QED) is 0.926. The number of piperidine rings is 1. The Morgan fingerprint density at radius 3 is 2.46 bits per heavy atom. The summed E-state index contributed by atoms with van der Waals surface area (Å²) in [5.41, 5.74) is 1.25. The largest absolute Gasteiger partial charge is 0.333 e. The van der Waals surface area contributed by atoms with E-state index in [1.807, 2.05) is 0 Å². The zero-order valence-corrected chi connectivity index (χ0v) is 14.4. The molecule has 0 radical (unpaired) electrons. The van der Waals surface area contributed by atoms with Gasteiger partial charge in [0.25, 0.3) is 0 Å². The normalized spacial score (nSPS) is 20.0. The molecule has 2 aliphatic rings. The van der Waals surface area contributed by atoms with Crippen LogP contribution in [0, 0.1) is 5.92 Å². The van der Waals surface area contributed by atoms with E-state index in [0.717, 1.165) is 38.8 Å². The van der Waals surface area contributed by atoms with Gasteiger partial charge in [0.05, 0.1) is 6.04 Å². The molecule has 4 rings (SSSR count). The number of hydrogen-bond donors (Lipinski definition) is 1. The summed E-state index contributed by atoms with van der Waals surface area (Å²) in [6, 6.07) is 15.7. The molecule has 126 valence electrons. The summed E-state index contributed by atoms with van der Waals surface area (Å²) in [7, 11) is 0. The fourth-order valence-corrected chi connectivity index (χ4v) is 3.95. The molecule has 1 heterocycles. The summed E-state index contributed by atoms with van der Waals surface area (Å²) >= 11 is 0. The molecule has 1 amide bonds. The van der Waals surface area contributed by atoms with Crippen LogP contribution in [-0.2, 0) is 4.79 Å². The van der Waals surface area contributed by atoms with Crippen LogP contribution in [0.25, 0.3) is 10.8 Å². The summed E-state index contributed by atoms with van der Waals surface area (Å²) in [5.74, 6) is 0.578. The number of rotatable bonds is 4. The third-order valence-electron chi connectivity index (χ3n) is 5.56. The van der Waals surface area contributed by atoms with E-state index in [4.69, 9.17) is 0 Å². The van der Waals surface area contributed by atoms with Crippen LogP contribution in [0.2, 0.25) is 0 Å². The number of benzene rings is 2. The first kappa shape index (κ1) is 15.6. The highest BCUT2D eigenvalue weighted by Gasteiger charge is 2.39. The number of nitrogens with one attached hydrogen (secondary N) is 1. The Balaban J connectivity index is 1.60. The Bertz CT molecular complexity index is 731. The number of hydrogen-bond acceptors (Lipinski definition) is 2. The average Bonchev–Trinajstić information content (AvgIpc) is 3.47. The van der Waals surface area contributed by atoms with E-state index < -0.39 is 0 Å².